The molecule has 1 aromatic rings. The van der Waals surface area contributed by atoms with Crippen LogP contribution < -0.4 is 5.32 Å². The van der Waals surface area contributed by atoms with Crippen molar-refractivity contribution < 1.29 is 9.15 Å². The van der Waals surface area contributed by atoms with Crippen LogP contribution in [-0.4, -0.2) is 38.7 Å². The zero-order valence-electron chi connectivity index (χ0n) is 11.9. The predicted octanol–water partition coefficient (Wildman–Crippen LogP) is 2.25. The molecule has 0 saturated carbocycles. The average molecular weight is 254 g/mol. The first-order valence-electron chi connectivity index (χ1n) is 6.72. The van der Waals surface area contributed by atoms with Gasteiger partial charge in [-0.15, -0.1) is 0 Å². The topological polar surface area (TPSA) is 37.6 Å². The standard InChI is InChI=1S/C14H26N2O2/c1-4-6-15-10-13-9-14(18-11-13)12-17-8-5-7-16(2)3/h9,11,15H,4-8,10,12H2,1-3H3. The Kier molecular flexibility index (Phi) is 7.73. The second kappa shape index (κ2) is 9.14. The highest BCUT2D eigenvalue weighted by Gasteiger charge is 2.01. The molecule has 1 N–H and O–H groups in total. The fourth-order valence-corrected chi connectivity index (χ4v) is 1.66. The first kappa shape index (κ1) is 15.2. The van der Waals surface area contributed by atoms with Crippen molar-refractivity contribution >= 4 is 0 Å². The van der Waals surface area contributed by atoms with Crippen LogP contribution in [0.1, 0.15) is 31.1 Å². The fourth-order valence-electron chi connectivity index (χ4n) is 1.66. The Labute approximate surface area is 110 Å². The highest BCUT2D eigenvalue weighted by Crippen LogP contribution is 2.09. The average Bonchev–Trinajstić information content (AvgIpc) is 2.77. The van der Waals surface area contributed by atoms with Gasteiger partial charge in [-0.2, -0.15) is 0 Å². The number of nitrogens with one attached hydrogen (secondary N) is 1. The van der Waals surface area contributed by atoms with E-state index in [1.807, 2.05) is 0 Å². The summed E-state index contributed by atoms with van der Waals surface area (Å²) in [5.74, 6) is 0.910. The third kappa shape index (κ3) is 6.79. The molecule has 0 aliphatic carbocycles. The summed E-state index contributed by atoms with van der Waals surface area (Å²) in [5.41, 5.74) is 1.19. The van der Waals surface area contributed by atoms with E-state index >= 15 is 0 Å². The minimum Gasteiger partial charge on any atom is -0.467 e. The van der Waals surface area contributed by atoms with Crippen molar-refractivity contribution in [3.8, 4) is 0 Å². The second-order valence-corrected chi connectivity index (χ2v) is 4.81. The molecule has 0 unspecified atom stereocenters. The maximum Gasteiger partial charge on any atom is 0.129 e. The molecule has 0 radical (unpaired) electrons. The SMILES string of the molecule is CCCNCc1coc(COCCCN(C)C)c1. The minimum absolute atomic E-state index is 0.571. The van der Waals surface area contributed by atoms with Gasteiger partial charge in [-0.3, -0.25) is 0 Å². The van der Waals surface area contributed by atoms with Crippen LogP contribution in [-0.2, 0) is 17.9 Å². The number of nitrogens with zero attached hydrogens (tertiary/aromatic N) is 1. The normalized spacial score (nSPS) is 11.3. The van der Waals surface area contributed by atoms with Gasteiger partial charge in [0.25, 0.3) is 0 Å². The molecule has 1 heterocycles. The van der Waals surface area contributed by atoms with E-state index < -0.39 is 0 Å². The smallest absolute Gasteiger partial charge is 0.129 e. The Hall–Kier alpha value is -0.840. The van der Waals surface area contributed by atoms with E-state index in [2.05, 4.69) is 37.3 Å². The molecule has 18 heavy (non-hydrogen) atoms. The van der Waals surface area contributed by atoms with Gasteiger partial charge in [0.2, 0.25) is 0 Å². The van der Waals surface area contributed by atoms with E-state index in [-0.39, 0.29) is 0 Å². The summed E-state index contributed by atoms with van der Waals surface area (Å²) in [6.45, 7) is 6.49. The Balaban J connectivity index is 2.11. The molecule has 0 amide bonds. The van der Waals surface area contributed by atoms with E-state index in [0.29, 0.717) is 6.61 Å². The third-order valence-electron chi connectivity index (χ3n) is 2.60. The Morgan fingerprint density at radius 1 is 1.39 bits per heavy atom. The molecule has 1 rings (SSSR count). The highest BCUT2D eigenvalue weighted by molar-refractivity contribution is 5.11. The van der Waals surface area contributed by atoms with Crippen molar-refractivity contribution in [3.05, 3.63) is 23.7 Å². The van der Waals surface area contributed by atoms with Gasteiger partial charge in [-0.05, 0) is 46.1 Å². The van der Waals surface area contributed by atoms with Gasteiger partial charge < -0.3 is 19.4 Å². The molecule has 1 aromatic heterocycles. The summed E-state index contributed by atoms with van der Waals surface area (Å²) in [7, 11) is 4.14. The lowest BCUT2D eigenvalue weighted by molar-refractivity contribution is 0.0994. The molecule has 104 valence electrons. The van der Waals surface area contributed by atoms with Crippen LogP contribution >= 0.6 is 0 Å². The molecule has 4 nitrogen and oxygen atoms in total. The van der Waals surface area contributed by atoms with E-state index in [0.717, 1.165) is 44.8 Å². The highest BCUT2D eigenvalue weighted by atomic mass is 16.5. The van der Waals surface area contributed by atoms with Crippen molar-refractivity contribution in [3.63, 3.8) is 0 Å². The summed E-state index contributed by atoms with van der Waals surface area (Å²) in [6, 6.07) is 2.06. The van der Waals surface area contributed by atoms with Crippen molar-refractivity contribution in [2.75, 3.05) is 33.8 Å². The number of hydrogen-bond donors (Lipinski definition) is 1. The lowest BCUT2D eigenvalue weighted by Gasteiger charge is -2.08. The van der Waals surface area contributed by atoms with Gasteiger partial charge >= 0.3 is 0 Å². The largest absolute Gasteiger partial charge is 0.467 e. The van der Waals surface area contributed by atoms with Crippen LogP contribution in [0.4, 0.5) is 0 Å². The quantitative estimate of drug-likeness (QED) is 0.650. The molecule has 0 bridgehead atoms. The summed E-state index contributed by atoms with van der Waals surface area (Å²) >= 11 is 0. The lowest BCUT2D eigenvalue weighted by Crippen LogP contribution is -2.14. The maximum absolute atomic E-state index is 5.57. The zero-order valence-corrected chi connectivity index (χ0v) is 11.9. The Bertz CT molecular complexity index is 310. The van der Waals surface area contributed by atoms with Gasteiger partial charge in [-0.1, -0.05) is 6.92 Å². The van der Waals surface area contributed by atoms with Crippen LogP contribution in [0.3, 0.4) is 0 Å². The number of furan rings is 1. The monoisotopic (exact) mass is 254 g/mol. The van der Waals surface area contributed by atoms with Crippen LogP contribution in [0.2, 0.25) is 0 Å². The van der Waals surface area contributed by atoms with Crippen molar-refractivity contribution in [1.29, 1.82) is 0 Å². The third-order valence-corrected chi connectivity index (χ3v) is 2.60. The van der Waals surface area contributed by atoms with Gasteiger partial charge in [0.15, 0.2) is 0 Å². The Morgan fingerprint density at radius 3 is 2.94 bits per heavy atom. The summed E-state index contributed by atoms with van der Waals surface area (Å²) in [6.07, 6.45) is 4.01. The first-order valence-corrected chi connectivity index (χ1v) is 6.72. The molecule has 0 spiro atoms. The van der Waals surface area contributed by atoms with E-state index in [1.165, 1.54) is 5.56 Å². The van der Waals surface area contributed by atoms with E-state index in [1.54, 1.807) is 6.26 Å². The van der Waals surface area contributed by atoms with Gasteiger partial charge in [0.1, 0.15) is 12.4 Å². The van der Waals surface area contributed by atoms with Crippen LogP contribution in [0.15, 0.2) is 16.7 Å². The van der Waals surface area contributed by atoms with Crippen LogP contribution in [0, 0.1) is 0 Å². The molecule has 0 saturated heterocycles. The summed E-state index contributed by atoms with van der Waals surface area (Å²) in [5, 5.41) is 3.35. The maximum atomic E-state index is 5.57. The summed E-state index contributed by atoms with van der Waals surface area (Å²) < 4.78 is 11.0. The van der Waals surface area contributed by atoms with Gasteiger partial charge in [0, 0.05) is 18.7 Å². The molecule has 0 aliphatic heterocycles. The number of ether oxygens (including phenoxy) is 1. The second-order valence-electron chi connectivity index (χ2n) is 4.81. The van der Waals surface area contributed by atoms with Crippen molar-refractivity contribution in [1.82, 2.24) is 10.2 Å². The fraction of sp³-hybridized carbons (Fsp3) is 0.714. The molecule has 0 atom stereocenters. The van der Waals surface area contributed by atoms with Crippen molar-refractivity contribution in [2.24, 2.45) is 0 Å². The minimum atomic E-state index is 0.571. The first-order chi connectivity index (χ1) is 8.72. The molecule has 0 aliphatic rings. The molecule has 0 aromatic carbocycles. The van der Waals surface area contributed by atoms with Crippen molar-refractivity contribution in [2.45, 2.75) is 32.9 Å². The van der Waals surface area contributed by atoms with Gasteiger partial charge in [0.05, 0.1) is 6.26 Å². The molecule has 4 heteroatoms. The lowest BCUT2D eigenvalue weighted by atomic mass is 10.3. The molecule has 0 fully saturated rings. The predicted molar refractivity (Wildman–Crippen MR) is 73.5 cm³/mol. The summed E-state index contributed by atoms with van der Waals surface area (Å²) in [4.78, 5) is 2.16. The van der Waals surface area contributed by atoms with Gasteiger partial charge in [-0.25, -0.2) is 0 Å². The van der Waals surface area contributed by atoms with E-state index in [9.17, 15) is 0 Å². The number of rotatable bonds is 10. The molecular formula is C14H26N2O2. The molecular weight excluding hydrogens is 228 g/mol. The Morgan fingerprint density at radius 2 is 2.22 bits per heavy atom. The van der Waals surface area contributed by atoms with Crippen LogP contribution in [0.25, 0.3) is 0 Å². The zero-order chi connectivity index (χ0) is 13.2. The van der Waals surface area contributed by atoms with E-state index in [4.69, 9.17) is 9.15 Å². The van der Waals surface area contributed by atoms with Crippen LogP contribution in [0.5, 0.6) is 0 Å². The number of hydrogen-bond acceptors (Lipinski definition) is 4.